The highest BCUT2D eigenvalue weighted by Crippen LogP contribution is 2.22. The molecule has 0 aliphatic carbocycles. The third kappa shape index (κ3) is 9.83. The summed E-state index contributed by atoms with van der Waals surface area (Å²) in [7, 11) is 1.88. The number of amides is 1. The zero-order chi connectivity index (χ0) is 27.0. The summed E-state index contributed by atoms with van der Waals surface area (Å²) in [6.45, 7) is 8.18. The first-order valence-corrected chi connectivity index (χ1v) is 15.1. The van der Waals surface area contributed by atoms with Crippen molar-refractivity contribution < 1.29 is 4.79 Å². The lowest BCUT2D eigenvalue weighted by Gasteiger charge is -2.25. The largest absolute Gasteiger partial charge is 0.303 e. The van der Waals surface area contributed by atoms with Crippen LogP contribution in [-0.2, 0) is 11.8 Å². The van der Waals surface area contributed by atoms with Crippen molar-refractivity contribution >= 4 is 11.6 Å². The molecule has 2 aromatic rings. The van der Waals surface area contributed by atoms with E-state index >= 15 is 0 Å². The fourth-order valence-electron chi connectivity index (χ4n) is 5.27. The molecule has 0 bridgehead atoms. The van der Waals surface area contributed by atoms with Crippen molar-refractivity contribution in [2.24, 2.45) is 7.05 Å². The van der Waals surface area contributed by atoms with Gasteiger partial charge in [0.1, 0.15) is 5.69 Å². The normalized spacial score (nSPS) is 11.4. The van der Waals surface area contributed by atoms with Crippen LogP contribution in [0.5, 0.6) is 0 Å². The molecule has 0 unspecified atom stereocenters. The molecule has 1 amide bonds. The molecule has 0 saturated heterocycles. The second-order valence-electron chi connectivity index (χ2n) is 11.0. The number of unbranched alkanes of at least 4 members (excludes halogenated alkanes) is 14. The van der Waals surface area contributed by atoms with Gasteiger partial charge in [-0.2, -0.15) is 0 Å². The van der Waals surface area contributed by atoms with Gasteiger partial charge in [0.15, 0.2) is 0 Å². The maximum atomic E-state index is 13.4. The number of rotatable bonds is 19. The highest BCUT2D eigenvalue weighted by Gasteiger charge is 2.27. The van der Waals surface area contributed by atoms with Crippen LogP contribution in [0.1, 0.15) is 129 Å². The molecule has 0 fully saturated rings. The second kappa shape index (κ2) is 17.3. The van der Waals surface area contributed by atoms with Crippen LogP contribution >= 0.6 is 0 Å². The van der Waals surface area contributed by atoms with Crippen molar-refractivity contribution in [3.63, 3.8) is 0 Å². The van der Waals surface area contributed by atoms with Crippen molar-refractivity contribution in [1.29, 1.82) is 0 Å². The maximum Gasteiger partial charge on any atom is 0.295 e. The van der Waals surface area contributed by atoms with Gasteiger partial charge < -0.3 is 4.90 Å². The van der Waals surface area contributed by atoms with E-state index < -0.39 is 0 Å². The minimum absolute atomic E-state index is 0.0516. The van der Waals surface area contributed by atoms with Crippen molar-refractivity contribution in [2.45, 2.75) is 136 Å². The monoisotopic (exact) mass is 511 g/mol. The molecule has 0 aliphatic rings. The minimum Gasteiger partial charge on any atom is -0.303 e. The van der Waals surface area contributed by atoms with E-state index in [1.54, 1.807) is 9.58 Å². The number of hydrogen-bond donors (Lipinski definition) is 0. The summed E-state index contributed by atoms with van der Waals surface area (Å²) in [5.41, 5.74) is 1.99. The van der Waals surface area contributed by atoms with E-state index in [-0.39, 0.29) is 17.5 Å². The van der Waals surface area contributed by atoms with Gasteiger partial charge >= 0.3 is 0 Å². The number of anilines is 1. The van der Waals surface area contributed by atoms with E-state index in [2.05, 4.69) is 6.92 Å². The Kier molecular flexibility index (Phi) is 14.4. The molecule has 37 heavy (non-hydrogen) atoms. The van der Waals surface area contributed by atoms with Crippen LogP contribution in [0.15, 0.2) is 35.1 Å². The first-order chi connectivity index (χ1) is 17.9. The average Bonchev–Trinajstić information content (AvgIpc) is 3.10. The van der Waals surface area contributed by atoms with Crippen LogP contribution < -0.4 is 10.5 Å². The maximum absolute atomic E-state index is 13.4. The number of aromatic nitrogens is 2. The van der Waals surface area contributed by atoms with Gasteiger partial charge in [0, 0.05) is 19.5 Å². The predicted octanol–water partition coefficient (Wildman–Crippen LogP) is 8.49. The Morgan fingerprint density at radius 1 is 0.784 bits per heavy atom. The fourth-order valence-corrected chi connectivity index (χ4v) is 5.27. The first kappa shape index (κ1) is 30.9. The smallest absolute Gasteiger partial charge is 0.295 e. The molecule has 0 spiro atoms. The molecule has 5 heteroatoms. The summed E-state index contributed by atoms with van der Waals surface area (Å²) in [6, 6.07) is 9.55. The third-order valence-corrected chi connectivity index (χ3v) is 7.54. The van der Waals surface area contributed by atoms with E-state index in [1.165, 1.54) is 83.5 Å². The van der Waals surface area contributed by atoms with E-state index in [0.29, 0.717) is 12.1 Å². The van der Waals surface area contributed by atoms with Gasteiger partial charge in [0.25, 0.3) is 5.56 Å². The number of para-hydroxylation sites is 1. The van der Waals surface area contributed by atoms with Gasteiger partial charge in [-0.05, 0) is 39.3 Å². The molecular weight excluding hydrogens is 458 g/mol. The summed E-state index contributed by atoms with van der Waals surface area (Å²) in [4.78, 5) is 28.4. The van der Waals surface area contributed by atoms with E-state index in [0.717, 1.165) is 24.2 Å². The molecule has 0 atom stereocenters. The van der Waals surface area contributed by atoms with E-state index in [9.17, 15) is 9.59 Å². The summed E-state index contributed by atoms with van der Waals surface area (Å²) in [5, 5.41) is 0. The van der Waals surface area contributed by atoms with E-state index in [1.807, 2.05) is 62.8 Å². The topological polar surface area (TPSA) is 47.2 Å². The second-order valence-corrected chi connectivity index (χ2v) is 11.0. The van der Waals surface area contributed by atoms with Crippen LogP contribution in [0, 0.1) is 6.92 Å². The van der Waals surface area contributed by atoms with E-state index in [4.69, 9.17) is 0 Å². The summed E-state index contributed by atoms with van der Waals surface area (Å²) in [5.74, 6) is 0.0516. The Labute approximate surface area is 226 Å². The van der Waals surface area contributed by atoms with Gasteiger partial charge in [-0.3, -0.25) is 14.3 Å². The van der Waals surface area contributed by atoms with Crippen molar-refractivity contribution in [1.82, 2.24) is 9.36 Å². The molecule has 208 valence electrons. The fraction of sp³-hybridized carbons (Fsp3) is 0.688. The van der Waals surface area contributed by atoms with Crippen LogP contribution in [0.2, 0.25) is 0 Å². The first-order valence-electron chi connectivity index (χ1n) is 15.1. The van der Waals surface area contributed by atoms with Crippen LogP contribution in [0.4, 0.5) is 5.69 Å². The molecule has 1 aromatic carbocycles. The molecular formula is C32H53N3O2. The summed E-state index contributed by atoms with van der Waals surface area (Å²) < 4.78 is 3.50. The summed E-state index contributed by atoms with van der Waals surface area (Å²) >= 11 is 0. The SMILES string of the molecule is CCCCCCCCCCCCCCCCCC(=O)N(c1c(C)n(C)n(-c2ccccc2)c1=O)C(C)C. The van der Waals surface area contributed by atoms with Crippen molar-refractivity contribution in [3.05, 3.63) is 46.4 Å². The average molecular weight is 512 g/mol. The molecule has 5 nitrogen and oxygen atoms in total. The highest BCUT2D eigenvalue weighted by molar-refractivity contribution is 5.94. The molecule has 0 aliphatic heterocycles. The standard InChI is InChI=1S/C32H53N3O2/c1-6-7-8-9-10-11-12-13-14-15-16-17-18-19-23-26-30(36)34(27(2)3)31-28(4)33(5)35(32(31)37)29-24-21-20-22-25-29/h20-22,24-25,27H,6-19,23,26H2,1-5H3. The quantitative estimate of drug-likeness (QED) is 0.178. The van der Waals surface area contributed by atoms with Crippen LogP contribution in [-0.4, -0.2) is 21.3 Å². The van der Waals surface area contributed by atoms with Gasteiger partial charge in [0.05, 0.1) is 11.4 Å². The number of benzene rings is 1. The third-order valence-electron chi connectivity index (χ3n) is 7.54. The van der Waals surface area contributed by atoms with Gasteiger partial charge in [-0.25, -0.2) is 4.68 Å². The van der Waals surface area contributed by atoms with Crippen molar-refractivity contribution in [2.75, 3.05) is 4.90 Å². The minimum atomic E-state index is -0.134. The van der Waals surface area contributed by atoms with Crippen LogP contribution in [0.3, 0.4) is 0 Å². The Morgan fingerprint density at radius 3 is 1.70 bits per heavy atom. The number of carbonyl (C=O) groups is 1. The molecule has 1 aromatic heterocycles. The molecule has 0 N–H and O–H groups in total. The molecule has 0 radical (unpaired) electrons. The lowest BCUT2D eigenvalue weighted by Crippen LogP contribution is -2.40. The highest BCUT2D eigenvalue weighted by atomic mass is 16.2. The van der Waals surface area contributed by atoms with Gasteiger partial charge in [-0.1, -0.05) is 115 Å². The Bertz CT molecular complexity index is 958. The number of nitrogens with zero attached hydrogens (tertiary/aromatic N) is 3. The zero-order valence-electron chi connectivity index (χ0n) is 24.4. The Balaban J connectivity index is 1.72. The van der Waals surface area contributed by atoms with Crippen molar-refractivity contribution in [3.8, 4) is 5.69 Å². The van der Waals surface area contributed by atoms with Crippen LogP contribution in [0.25, 0.3) is 5.69 Å². The Morgan fingerprint density at radius 2 is 1.24 bits per heavy atom. The predicted molar refractivity (Wildman–Crippen MR) is 158 cm³/mol. The Hall–Kier alpha value is -2.30. The number of carbonyl (C=O) groups excluding carboxylic acids is 1. The lowest BCUT2D eigenvalue weighted by atomic mass is 10.0. The molecule has 1 heterocycles. The molecule has 0 saturated carbocycles. The zero-order valence-corrected chi connectivity index (χ0v) is 24.4. The number of hydrogen-bond acceptors (Lipinski definition) is 2. The van der Waals surface area contributed by atoms with Gasteiger partial charge in [0.2, 0.25) is 5.91 Å². The summed E-state index contributed by atoms with van der Waals surface area (Å²) in [6.07, 6.45) is 20.1. The lowest BCUT2D eigenvalue weighted by molar-refractivity contribution is -0.119. The molecule has 2 rings (SSSR count). The van der Waals surface area contributed by atoms with Gasteiger partial charge in [-0.15, -0.1) is 0 Å².